The fourth-order valence-corrected chi connectivity index (χ4v) is 4.02. The van der Waals surface area contributed by atoms with Gasteiger partial charge in [0, 0.05) is 23.0 Å². The van der Waals surface area contributed by atoms with Crippen molar-refractivity contribution in [1.82, 2.24) is 4.98 Å². The highest BCUT2D eigenvalue weighted by Gasteiger charge is 2.51. The number of anilines is 1. The van der Waals surface area contributed by atoms with E-state index in [1.54, 1.807) is 45.4 Å². The van der Waals surface area contributed by atoms with Gasteiger partial charge in [-0.3, -0.25) is 9.78 Å². The van der Waals surface area contributed by atoms with Crippen LogP contribution in [0.3, 0.4) is 0 Å². The van der Waals surface area contributed by atoms with Crippen molar-refractivity contribution in [2.75, 3.05) is 12.4 Å². The van der Waals surface area contributed by atoms with Crippen molar-refractivity contribution in [1.29, 1.82) is 5.26 Å². The van der Waals surface area contributed by atoms with Crippen LogP contribution in [0.2, 0.25) is 0 Å². The third kappa shape index (κ3) is 5.24. The summed E-state index contributed by atoms with van der Waals surface area (Å²) in [5.74, 6) is 0.380. The van der Waals surface area contributed by atoms with Crippen LogP contribution in [-0.2, 0) is 14.7 Å². The van der Waals surface area contributed by atoms with E-state index in [4.69, 9.17) is 14.0 Å². The van der Waals surface area contributed by atoms with Gasteiger partial charge in [0.2, 0.25) is 0 Å². The summed E-state index contributed by atoms with van der Waals surface area (Å²) in [7, 11) is 1.13. The second-order valence-corrected chi connectivity index (χ2v) is 10.7. The maximum Gasteiger partial charge on any atom is 0.494 e. The zero-order chi connectivity index (χ0) is 27.0. The molecule has 1 N–H and O–H groups in total. The molecule has 1 saturated heterocycles. The number of benzene rings is 2. The number of nitrogens with one attached hydrogen (secondary N) is 1. The molecule has 0 atom stereocenters. The SMILES string of the molecule is COc1ccc(NC(=O)c2ccnc(C(C)(C)C#N)c2)cc1-c1cccc(B2OC(C)(C)C(C)(C)O2)c1. The first-order chi connectivity index (χ1) is 17.4. The topological polar surface area (TPSA) is 93.5 Å². The van der Waals surface area contributed by atoms with Crippen LogP contribution in [0, 0.1) is 11.3 Å². The number of hydrogen-bond donors (Lipinski definition) is 1. The van der Waals surface area contributed by atoms with Crippen LogP contribution < -0.4 is 15.5 Å². The second-order valence-electron chi connectivity index (χ2n) is 10.7. The van der Waals surface area contributed by atoms with Crippen LogP contribution >= 0.6 is 0 Å². The van der Waals surface area contributed by atoms with Crippen LogP contribution in [-0.4, -0.2) is 36.3 Å². The maximum absolute atomic E-state index is 13.0. The van der Waals surface area contributed by atoms with Gasteiger partial charge in [0.1, 0.15) is 5.75 Å². The molecule has 4 rings (SSSR count). The van der Waals surface area contributed by atoms with Gasteiger partial charge in [-0.25, -0.2) is 0 Å². The summed E-state index contributed by atoms with van der Waals surface area (Å²) in [5.41, 5.74) is 2.52. The number of pyridine rings is 1. The lowest BCUT2D eigenvalue weighted by molar-refractivity contribution is 0.00578. The van der Waals surface area contributed by atoms with Gasteiger partial charge in [-0.2, -0.15) is 5.26 Å². The lowest BCUT2D eigenvalue weighted by Crippen LogP contribution is -2.41. The van der Waals surface area contributed by atoms with Crippen molar-refractivity contribution in [3.63, 3.8) is 0 Å². The highest BCUT2D eigenvalue weighted by Crippen LogP contribution is 2.37. The van der Waals surface area contributed by atoms with Gasteiger partial charge in [-0.1, -0.05) is 24.3 Å². The first-order valence-electron chi connectivity index (χ1n) is 12.2. The Balaban J connectivity index is 1.62. The Morgan fingerprint density at radius 2 is 1.76 bits per heavy atom. The highest BCUT2D eigenvalue weighted by molar-refractivity contribution is 6.62. The molecule has 7 nitrogen and oxygen atoms in total. The third-order valence-electron chi connectivity index (χ3n) is 7.12. The number of carbonyl (C=O) groups is 1. The number of amides is 1. The van der Waals surface area contributed by atoms with Gasteiger partial charge in [0.25, 0.3) is 5.91 Å². The minimum atomic E-state index is -0.800. The van der Waals surface area contributed by atoms with Crippen LogP contribution in [0.4, 0.5) is 5.69 Å². The number of ether oxygens (including phenoxy) is 1. The molecule has 1 fully saturated rings. The molecule has 0 unspecified atom stereocenters. The maximum atomic E-state index is 13.0. The molecule has 37 heavy (non-hydrogen) atoms. The van der Waals surface area contributed by atoms with E-state index < -0.39 is 23.7 Å². The molecule has 3 aromatic rings. The smallest absolute Gasteiger partial charge is 0.494 e. The molecule has 1 aliphatic heterocycles. The van der Waals surface area contributed by atoms with E-state index in [2.05, 4.69) is 16.4 Å². The minimum Gasteiger partial charge on any atom is -0.496 e. The molecule has 0 bridgehead atoms. The number of rotatable bonds is 6. The van der Waals surface area contributed by atoms with Gasteiger partial charge in [-0.05, 0) is 82.9 Å². The number of nitrogens with zero attached hydrogens (tertiary/aromatic N) is 2. The summed E-state index contributed by atoms with van der Waals surface area (Å²) in [6.07, 6.45) is 1.55. The summed E-state index contributed by atoms with van der Waals surface area (Å²) in [4.78, 5) is 17.3. The molecule has 190 valence electrons. The van der Waals surface area contributed by atoms with Crippen molar-refractivity contribution in [3.8, 4) is 22.9 Å². The van der Waals surface area contributed by atoms with Gasteiger partial charge >= 0.3 is 7.12 Å². The summed E-state index contributed by atoms with van der Waals surface area (Å²) >= 11 is 0. The average molecular weight is 497 g/mol. The van der Waals surface area contributed by atoms with Crippen molar-refractivity contribution in [2.45, 2.75) is 58.2 Å². The molecule has 2 aromatic carbocycles. The van der Waals surface area contributed by atoms with E-state index in [-0.39, 0.29) is 5.91 Å². The van der Waals surface area contributed by atoms with Crippen molar-refractivity contribution in [3.05, 3.63) is 72.1 Å². The van der Waals surface area contributed by atoms with Gasteiger partial charge in [0.05, 0.1) is 35.5 Å². The lowest BCUT2D eigenvalue weighted by Gasteiger charge is -2.32. The minimum absolute atomic E-state index is 0.292. The number of methoxy groups -OCH3 is 1. The first kappa shape index (κ1) is 26.4. The first-order valence-corrected chi connectivity index (χ1v) is 12.2. The molecule has 1 aliphatic rings. The Kier molecular flexibility index (Phi) is 6.89. The van der Waals surface area contributed by atoms with Gasteiger partial charge in [-0.15, -0.1) is 0 Å². The molecule has 0 aliphatic carbocycles. The fourth-order valence-electron chi connectivity index (χ4n) is 4.02. The quantitative estimate of drug-likeness (QED) is 0.476. The van der Waals surface area contributed by atoms with Crippen LogP contribution in [0.15, 0.2) is 60.8 Å². The predicted molar refractivity (Wildman–Crippen MR) is 145 cm³/mol. The molecular weight excluding hydrogens is 465 g/mol. The molecule has 8 heteroatoms. The molecule has 2 heterocycles. The Morgan fingerprint density at radius 1 is 1.05 bits per heavy atom. The normalized spacial score (nSPS) is 16.2. The lowest BCUT2D eigenvalue weighted by atomic mass is 9.78. The molecule has 0 saturated carbocycles. The van der Waals surface area contributed by atoms with E-state index in [0.29, 0.717) is 22.7 Å². The summed E-state index contributed by atoms with van der Waals surface area (Å²) in [6.45, 7) is 11.6. The van der Waals surface area contributed by atoms with Gasteiger partial charge in [0.15, 0.2) is 0 Å². The molecule has 0 spiro atoms. The molecular formula is C29H32BN3O4. The van der Waals surface area contributed by atoms with Gasteiger partial charge < -0.3 is 19.4 Å². The standard InChI is InChI=1S/C29H32BN3O4/c1-27(2,18-31)25-16-20(13-14-32-25)26(34)33-22-11-12-24(35-7)23(17-22)19-9-8-10-21(15-19)30-36-28(3,4)29(5,6)37-30/h8-17H,1-7H3,(H,33,34). The summed E-state index contributed by atoms with van der Waals surface area (Å²) in [6, 6.07) is 18.9. The van der Waals surface area contributed by atoms with Crippen LogP contribution in [0.1, 0.15) is 57.6 Å². The van der Waals surface area contributed by atoms with Crippen molar-refractivity contribution < 1.29 is 18.8 Å². The number of nitriles is 1. The number of carbonyl (C=O) groups excluding carboxylic acids is 1. The largest absolute Gasteiger partial charge is 0.496 e. The second kappa shape index (κ2) is 9.66. The Morgan fingerprint density at radius 3 is 2.41 bits per heavy atom. The van der Waals surface area contributed by atoms with E-state index in [1.165, 1.54) is 0 Å². The van der Waals surface area contributed by atoms with E-state index >= 15 is 0 Å². The Bertz CT molecular complexity index is 1360. The number of hydrogen-bond acceptors (Lipinski definition) is 6. The monoisotopic (exact) mass is 497 g/mol. The van der Waals surface area contributed by atoms with E-state index in [0.717, 1.165) is 16.6 Å². The Labute approximate surface area is 218 Å². The highest BCUT2D eigenvalue weighted by atomic mass is 16.7. The zero-order valence-corrected chi connectivity index (χ0v) is 22.4. The number of aromatic nitrogens is 1. The van der Waals surface area contributed by atoms with Crippen molar-refractivity contribution >= 4 is 24.2 Å². The fraction of sp³-hybridized carbons (Fsp3) is 0.345. The Hall–Kier alpha value is -3.67. The van der Waals surface area contributed by atoms with Crippen molar-refractivity contribution in [2.24, 2.45) is 0 Å². The third-order valence-corrected chi connectivity index (χ3v) is 7.12. The summed E-state index contributed by atoms with van der Waals surface area (Å²) in [5, 5.41) is 12.4. The summed E-state index contributed by atoms with van der Waals surface area (Å²) < 4.78 is 18.1. The van der Waals surface area contributed by atoms with E-state index in [9.17, 15) is 10.1 Å². The zero-order valence-electron chi connectivity index (χ0n) is 22.4. The average Bonchev–Trinajstić information content (AvgIpc) is 3.10. The van der Waals surface area contributed by atoms with E-state index in [1.807, 2.05) is 64.1 Å². The van der Waals surface area contributed by atoms with Crippen LogP contribution in [0.25, 0.3) is 11.1 Å². The molecule has 0 radical (unpaired) electrons. The molecule has 1 amide bonds. The van der Waals surface area contributed by atoms with Crippen LogP contribution in [0.5, 0.6) is 5.75 Å². The predicted octanol–water partition coefficient (Wildman–Crippen LogP) is 5.11. The molecule has 1 aromatic heterocycles.